The second-order valence-corrected chi connectivity index (χ2v) is 7.56. The minimum atomic E-state index is -0.250. The highest BCUT2D eigenvalue weighted by molar-refractivity contribution is 7.20. The van der Waals surface area contributed by atoms with E-state index in [2.05, 4.69) is 10.4 Å². The highest BCUT2D eigenvalue weighted by Gasteiger charge is 2.18. The fourth-order valence-electron chi connectivity index (χ4n) is 2.70. The molecule has 130 valence electrons. The number of benzene rings is 2. The standard InChI is InChI=1S/C19H13Cl2N3OS/c1-11-13-10-16(18(25)22-17-14(20)8-5-9-15(17)21)26-19(13)24(23-11)12-6-3-2-4-7-12/h2-10H,1H3,(H,22,25). The molecule has 4 nitrogen and oxygen atoms in total. The number of rotatable bonds is 3. The van der Waals surface area contributed by atoms with Crippen LogP contribution in [-0.2, 0) is 0 Å². The average molecular weight is 402 g/mol. The maximum atomic E-state index is 12.7. The number of nitrogens with one attached hydrogen (secondary N) is 1. The third-order valence-corrected chi connectivity index (χ3v) is 5.71. The molecule has 2 heterocycles. The summed E-state index contributed by atoms with van der Waals surface area (Å²) in [5, 5.41) is 9.14. The van der Waals surface area contributed by atoms with Gasteiger partial charge >= 0.3 is 0 Å². The lowest BCUT2D eigenvalue weighted by atomic mass is 10.3. The van der Waals surface area contributed by atoms with Crippen molar-refractivity contribution in [1.29, 1.82) is 0 Å². The lowest BCUT2D eigenvalue weighted by molar-refractivity contribution is 0.103. The lowest BCUT2D eigenvalue weighted by Crippen LogP contribution is -2.11. The number of para-hydroxylation sites is 2. The van der Waals surface area contributed by atoms with E-state index < -0.39 is 0 Å². The molecule has 1 amide bonds. The van der Waals surface area contributed by atoms with Crippen LogP contribution in [0.5, 0.6) is 0 Å². The lowest BCUT2D eigenvalue weighted by Gasteiger charge is -2.07. The molecular weight excluding hydrogens is 389 g/mol. The number of hydrogen-bond acceptors (Lipinski definition) is 3. The second kappa shape index (κ2) is 6.76. The van der Waals surface area contributed by atoms with Crippen molar-refractivity contribution in [2.45, 2.75) is 6.92 Å². The summed E-state index contributed by atoms with van der Waals surface area (Å²) in [6.45, 7) is 1.93. The van der Waals surface area contributed by atoms with E-state index in [0.29, 0.717) is 20.6 Å². The SMILES string of the molecule is Cc1nn(-c2ccccc2)c2sc(C(=O)Nc3c(Cl)cccc3Cl)cc12. The van der Waals surface area contributed by atoms with Crippen LogP contribution in [0.15, 0.2) is 54.6 Å². The summed E-state index contributed by atoms with van der Waals surface area (Å²) in [4.78, 5) is 14.2. The van der Waals surface area contributed by atoms with Gasteiger partial charge in [0, 0.05) is 5.39 Å². The largest absolute Gasteiger partial charge is 0.319 e. The quantitative estimate of drug-likeness (QED) is 0.460. The third kappa shape index (κ3) is 2.98. The zero-order chi connectivity index (χ0) is 18.3. The predicted molar refractivity (Wildman–Crippen MR) is 108 cm³/mol. The zero-order valence-corrected chi connectivity index (χ0v) is 16.0. The molecule has 26 heavy (non-hydrogen) atoms. The van der Waals surface area contributed by atoms with Gasteiger partial charge in [0.25, 0.3) is 5.91 Å². The van der Waals surface area contributed by atoms with Crippen molar-refractivity contribution in [2.24, 2.45) is 0 Å². The van der Waals surface area contributed by atoms with Crippen LogP contribution in [0.2, 0.25) is 10.0 Å². The fourth-order valence-corrected chi connectivity index (χ4v) is 4.27. The summed E-state index contributed by atoms with van der Waals surface area (Å²) in [7, 11) is 0. The molecule has 4 rings (SSSR count). The van der Waals surface area contributed by atoms with E-state index in [1.807, 2.05) is 48.0 Å². The number of halogens is 2. The van der Waals surface area contributed by atoms with Crippen LogP contribution in [0.1, 0.15) is 15.4 Å². The molecule has 0 aliphatic carbocycles. The Morgan fingerprint density at radius 2 is 1.77 bits per heavy atom. The van der Waals surface area contributed by atoms with Crippen molar-refractivity contribution in [1.82, 2.24) is 9.78 Å². The van der Waals surface area contributed by atoms with Crippen LogP contribution in [0.4, 0.5) is 5.69 Å². The van der Waals surface area contributed by atoms with Gasteiger partial charge in [-0.2, -0.15) is 5.10 Å². The molecule has 0 bridgehead atoms. The smallest absolute Gasteiger partial charge is 0.265 e. The summed E-state index contributed by atoms with van der Waals surface area (Å²) in [6.07, 6.45) is 0. The Balaban J connectivity index is 1.73. The van der Waals surface area contributed by atoms with Crippen LogP contribution in [0.25, 0.3) is 15.9 Å². The van der Waals surface area contributed by atoms with Gasteiger partial charge in [-0.25, -0.2) is 4.68 Å². The molecule has 4 aromatic rings. The molecule has 0 saturated heterocycles. The molecule has 2 aromatic heterocycles. The Morgan fingerprint density at radius 1 is 1.08 bits per heavy atom. The van der Waals surface area contributed by atoms with Crippen molar-refractivity contribution >= 4 is 56.3 Å². The number of thiophene rings is 1. The van der Waals surface area contributed by atoms with E-state index in [0.717, 1.165) is 21.6 Å². The molecule has 0 radical (unpaired) electrons. The van der Waals surface area contributed by atoms with Crippen molar-refractivity contribution in [3.8, 4) is 5.69 Å². The molecule has 0 aliphatic heterocycles. The van der Waals surface area contributed by atoms with Crippen LogP contribution in [0.3, 0.4) is 0 Å². The minimum Gasteiger partial charge on any atom is -0.319 e. The molecule has 7 heteroatoms. The Kier molecular flexibility index (Phi) is 4.44. The molecule has 0 atom stereocenters. The number of nitrogens with zero attached hydrogens (tertiary/aromatic N) is 2. The number of aryl methyl sites for hydroxylation is 1. The van der Waals surface area contributed by atoms with E-state index in [-0.39, 0.29) is 5.91 Å². The van der Waals surface area contributed by atoms with Crippen LogP contribution in [0, 0.1) is 6.92 Å². The monoisotopic (exact) mass is 401 g/mol. The van der Waals surface area contributed by atoms with Gasteiger partial charge in [0.05, 0.1) is 32.0 Å². The van der Waals surface area contributed by atoms with Gasteiger partial charge in [-0.1, -0.05) is 47.5 Å². The topological polar surface area (TPSA) is 46.9 Å². The number of amides is 1. The number of hydrogen-bond donors (Lipinski definition) is 1. The first-order valence-electron chi connectivity index (χ1n) is 7.84. The Bertz CT molecular complexity index is 1100. The van der Waals surface area contributed by atoms with Crippen LogP contribution < -0.4 is 5.32 Å². The Hall–Kier alpha value is -2.34. The highest BCUT2D eigenvalue weighted by Crippen LogP contribution is 2.33. The average Bonchev–Trinajstić information content (AvgIpc) is 3.20. The molecule has 0 saturated carbocycles. The fraction of sp³-hybridized carbons (Fsp3) is 0.0526. The molecule has 0 spiro atoms. The van der Waals surface area contributed by atoms with E-state index in [4.69, 9.17) is 23.2 Å². The van der Waals surface area contributed by atoms with Crippen molar-refractivity contribution in [3.63, 3.8) is 0 Å². The van der Waals surface area contributed by atoms with Crippen molar-refractivity contribution in [2.75, 3.05) is 5.32 Å². The molecule has 0 aliphatic rings. The molecule has 0 fully saturated rings. The number of aromatic nitrogens is 2. The van der Waals surface area contributed by atoms with Gasteiger partial charge in [0.15, 0.2) is 0 Å². The van der Waals surface area contributed by atoms with Gasteiger partial charge in [-0.05, 0) is 37.3 Å². The highest BCUT2D eigenvalue weighted by atomic mass is 35.5. The Morgan fingerprint density at radius 3 is 2.46 bits per heavy atom. The number of fused-ring (bicyclic) bond motifs is 1. The van der Waals surface area contributed by atoms with Gasteiger partial charge in [-0.3, -0.25) is 4.79 Å². The first-order chi connectivity index (χ1) is 12.5. The third-order valence-electron chi connectivity index (χ3n) is 3.97. The Labute approximate surface area is 164 Å². The van der Waals surface area contributed by atoms with Gasteiger partial charge in [-0.15, -0.1) is 11.3 Å². The molecule has 1 N–H and O–H groups in total. The van der Waals surface area contributed by atoms with Gasteiger partial charge in [0.1, 0.15) is 4.83 Å². The van der Waals surface area contributed by atoms with E-state index in [1.54, 1.807) is 18.2 Å². The van der Waals surface area contributed by atoms with E-state index in [9.17, 15) is 4.79 Å². The number of carbonyl (C=O) groups is 1. The van der Waals surface area contributed by atoms with Gasteiger partial charge < -0.3 is 5.32 Å². The molecule has 0 unspecified atom stereocenters. The summed E-state index contributed by atoms with van der Waals surface area (Å²) < 4.78 is 1.86. The maximum absolute atomic E-state index is 12.7. The maximum Gasteiger partial charge on any atom is 0.265 e. The van der Waals surface area contributed by atoms with E-state index >= 15 is 0 Å². The molecular formula is C19H13Cl2N3OS. The van der Waals surface area contributed by atoms with Crippen molar-refractivity contribution in [3.05, 3.63) is 75.2 Å². The van der Waals surface area contributed by atoms with E-state index in [1.165, 1.54) is 11.3 Å². The predicted octanol–water partition coefficient (Wildman–Crippen LogP) is 5.95. The van der Waals surface area contributed by atoms with Crippen LogP contribution in [-0.4, -0.2) is 15.7 Å². The summed E-state index contributed by atoms with van der Waals surface area (Å²) >= 11 is 13.7. The van der Waals surface area contributed by atoms with Crippen LogP contribution >= 0.6 is 34.5 Å². The first kappa shape index (κ1) is 17.1. The summed E-state index contributed by atoms with van der Waals surface area (Å²) in [5.74, 6) is -0.250. The minimum absolute atomic E-state index is 0.250. The zero-order valence-electron chi connectivity index (χ0n) is 13.7. The number of carbonyl (C=O) groups excluding carboxylic acids is 1. The second-order valence-electron chi connectivity index (χ2n) is 5.71. The number of anilines is 1. The van der Waals surface area contributed by atoms with Gasteiger partial charge in [0.2, 0.25) is 0 Å². The summed E-state index contributed by atoms with van der Waals surface area (Å²) in [6, 6.07) is 16.8. The first-order valence-corrected chi connectivity index (χ1v) is 9.42. The summed E-state index contributed by atoms with van der Waals surface area (Å²) in [5.41, 5.74) is 2.24. The normalized spacial score (nSPS) is 11.0. The van der Waals surface area contributed by atoms with Crippen molar-refractivity contribution < 1.29 is 4.79 Å². The molecule has 2 aromatic carbocycles.